The quantitative estimate of drug-likeness (QED) is 0.597. The number of nitrogens with two attached hydrogens (primary N) is 1. The van der Waals surface area contributed by atoms with Gasteiger partial charge >= 0.3 is 0 Å². The molecule has 82 valence electrons. The van der Waals surface area contributed by atoms with Gasteiger partial charge in [-0.1, -0.05) is 30.3 Å². The molecule has 4 heteroatoms. The van der Waals surface area contributed by atoms with Crippen LogP contribution in [0.2, 0.25) is 0 Å². The lowest BCUT2D eigenvalue weighted by atomic mass is 10.1. The molecule has 2 atom stereocenters. The van der Waals surface area contributed by atoms with Crippen molar-refractivity contribution >= 4 is 5.91 Å². The maximum Gasteiger partial charge on any atom is 0.234 e. The van der Waals surface area contributed by atoms with E-state index in [2.05, 4.69) is 5.32 Å². The maximum atomic E-state index is 11.1. The van der Waals surface area contributed by atoms with Gasteiger partial charge in [-0.05, 0) is 18.9 Å². The van der Waals surface area contributed by atoms with Crippen LogP contribution in [0.15, 0.2) is 30.3 Å². The molecule has 0 aromatic heterocycles. The Labute approximate surface area is 89.1 Å². The minimum absolute atomic E-state index is 0.459. The third-order valence-electron chi connectivity index (χ3n) is 2.07. The average Bonchev–Trinajstić information content (AvgIpc) is 2.17. The summed E-state index contributed by atoms with van der Waals surface area (Å²) in [7, 11) is 0. The predicted octanol–water partition coefficient (Wildman–Crippen LogP) is 0.0109. The van der Waals surface area contributed by atoms with Crippen LogP contribution in [0.4, 0.5) is 0 Å². The molecule has 0 saturated heterocycles. The van der Waals surface area contributed by atoms with Crippen molar-refractivity contribution in [3.05, 3.63) is 35.9 Å². The van der Waals surface area contributed by atoms with Crippen molar-refractivity contribution < 1.29 is 9.90 Å². The number of carbonyl (C=O) groups excluding carboxylic acids is 1. The molecule has 4 nitrogen and oxygen atoms in total. The molecule has 0 aliphatic heterocycles. The highest BCUT2D eigenvalue weighted by molar-refractivity contribution is 5.80. The molecule has 0 aliphatic rings. The summed E-state index contributed by atoms with van der Waals surface area (Å²) in [5.41, 5.74) is 6.23. The van der Waals surface area contributed by atoms with E-state index < -0.39 is 18.2 Å². The first-order valence-electron chi connectivity index (χ1n) is 4.87. The third-order valence-corrected chi connectivity index (χ3v) is 2.07. The number of primary amides is 1. The van der Waals surface area contributed by atoms with Crippen molar-refractivity contribution in [2.24, 2.45) is 5.73 Å². The fourth-order valence-electron chi connectivity index (χ4n) is 1.38. The van der Waals surface area contributed by atoms with Crippen molar-refractivity contribution in [3.8, 4) is 0 Å². The predicted molar refractivity (Wildman–Crippen MR) is 57.9 cm³/mol. The molecular weight excluding hydrogens is 192 g/mol. The van der Waals surface area contributed by atoms with Crippen molar-refractivity contribution in [1.82, 2.24) is 5.32 Å². The Balaban J connectivity index is 2.63. The number of aliphatic hydroxyl groups is 1. The molecule has 1 aromatic rings. The van der Waals surface area contributed by atoms with E-state index >= 15 is 0 Å². The molecule has 4 N–H and O–H groups in total. The summed E-state index contributed by atoms with van der Waals surface area (Å²) in [6, 6.07) is 9.00. The molecule has 0 radical (unpaired) electrons. The molecule has 0 aliphatic carbocycles. The first-order chi connectivity index (χ1) is 7.09. The molecular formula is C11H16N2O2. The van der Waals surface area contributed by atoms with Gasteiger partial charge in [-0.2, -0.15) is 0 Å². The SMILES string of the molecule is CC(O)N[C@@H](Cc1ccccc1)C(N)=O. The first kappa shape index (κ1) is 11.7. The van der Waals surface area contributed by atoms with E-state index in [0.717, 1.165) is 5.56 Å². The average molecular weight is 208 g/mol. The highest BCUT2D eigenvalue weighted by Gasteiger charge is 2.16. The number of amides is 1. The number of hydrogen-bond donors (Lipinski definition) is 3. The van der Waals surface area contributed by atoms with E-state index in [1.54, 1.807) is 6.92 Å². The number of benzene rings is 1. The lowest BCUT2D eigenvalue weighted by Gasteiger charge is -2.17. The zero-order valence-corrected chi connectivity index (χ0v) is 8.68. The second-order valence-electron chi connectivity index (χ2n) is 3.49. The van der Waals surface area contributed by atoms with Gasteiger partial charge in [0.25, 0.3) is 0 Å². The summed E-state index contributed by atoms with van der Waals surface area (Å²) in [5, 5.41) is 11.8. The van der Waals surface area contributed by atoms with Crippen LogP contribution in [0.5, 0.6) is 0 Å². The number of nitrogens with one attached hydrogen (secondary N) is 1. The fraction of sp³-hybridized carbons (Fsp3) is 0.364. The Morgan fingerprint density at radius 2 is 2.07 bits per heavy atom. The van der Waals surface area contributed by atoms with E-state index in [4.69, 9.17) is 10.8 Å². The van der Waals surface area contributed by atoms with Crippen LogP contribution in [0.25, 0.3) is 0 Å². The van der Waals surface area contributed by atoms with Gasteiger partial charge < -0.3 is 10.8 Å². The summed E-state index contributed by atoms with van der Waals surface area (Å²) in [4.78, 5) is 11.1. The maximum absolute atomic E-state index is 11.1. The minimum Gasteiger partial charge on any atom is -0.379 e. The van der Waals surface area contributed by atoms with Crippen LogP contribution in [0.1, 0.15) is 12.5 Å². The molecule has 1 unspecified atom stereocenters. The summed E-state index contributed by atoms with van der Waals surface area (Å²) >= 11 is 0. The van der Waals surface area contributed by atoms with Crippen molar-refractivity contribution in [3.63, 3.8) is 0 Å². The lowest BCUT2D eigenvalue weighted by molar-refractivity contribution is -0.120. The van der Waals surface area contributed by atoms with Crippen molar-refractivity contribution in [1.29, 1.82) is 0 Å². The Morgan fingerprint density at radius 1 is 1.47 bits per heavy atom. The second-order valence-corrected chi connectivity index (χ2v) is 3.49. The standard InChI is InChI=1S/C11H16N2O2/c1-8(14)13-10(11(12)15)7-9-5-3-2-4-6-9/h2-6,8,10,13-14H,7H2,1H3,(H2,12,15)/t8?,10-/m0/s1. The topological polar surface area (TPSA) is 75.3 Å². The molecule has 15 heavy (non-hydrogen) atoms. The van der Waals surface area contributed by atoms with Gasteiger partial charge in [-0.3, -0.25) is 10.1 Å². The third kappa shape index (κ3) is 4.10. The van der Waals surface area contributed by atoms with Crippen LogP contribution in [-0.4, -0.2) is 23.3 Å². The van der Waals surface area contributed by atoms with Crippen LogP contribution in [-0.2, 0) is 11.2 Å². The van der Waals surface area contributed by atoms with Gasteiger partial charge in [-0.25, -0.2) is 0 Å². The molecule has 1 rings (SSSR count). The molecule has 0 heterocycles. The monoisotopic (exact) mass is 208 g/mol. The first-order valence-corrected chi connectivity index (χ1v) is 4.87. The van der Waals surface area contributed by atoms with Gasteiger partial charge in [0.1, 0.15) is 6.23 Å². The van der Waals surface area contributed by atoms with Crippen LogP contribution < -0.4 is 11.1 Å². The Morgan fingerprint density at radius 3 is 2.53 bits per heavy atom. The zero-order chi connectivity index (χ0) is 11.3. The van der Waals surface area contributed by atoms with Gasteiger partial charge in [0.2, 0.25) is 5.91 Å². The summed E-state index contributed by atoms with van der Waals surface area (Å²) in [5.74, 6) is -0.459. The second kappa shape index (κ2) is 5.48. The number of hydrogen-bond acceptors (Lipinski definition) is 3. The largest absolute Gasteiger partial charge is 0.379 e. The lowest BCUT2D eigenvalue weighted by Crippen LogP contribution is -2.46. The van der Waals surface area contributed by atoms with Crippen LogP contribution in [0.3, 0.4) is 0 Å². The highest BCUT2D eigenvalue weighted by atomic mass is 16.3. The Bertz CT molecular complexity index is 312. The van der Waals surface area contributed by atoms with Gasteiger partial charge in [0.15, 0.2) is 0 Å². The van der Waals surface area contributed by atoms with Gasteiger partial charge in [0, 0.05) is 0 Å². The van der Waals surface area contributed by atoms with Gasteiger partial charge in [0.05, 0.1) is 6.04 Å². The molecule has 0 spiro atoms. The summed E-state index contributed by atoms with van der Waals surface area (Å²) in [6.07, 6.45) is -0.257. The van der Waals surface area contributed by atoms with Crippen LogP contribution in [0, 0.1) is 0 Å². The fourth-order valence-corrected chi connectivity index (χ4v) is 1.38. The molecule has 0 saturated carbocycles. The van der Waals surface area contributed by atoms with Crippen LogP contribution >= 0.6 is 0 Å². The number of carbonyl (C=O) groups is 1. The molecule has 0 fully saturated rings. The van der Waals surface area contributed by atoms with Crippen molar-refractivity contribution in [2.45, 2.75) is 25.6 Å². The number of rotatable bonds is 5. The van der Waals surface area contributed by atoms with E-state index in [1.165, 1.54) is 0 Å². The van der Waals surface area contributed by atoms with E-state index in [1.807, 2.05) is 30.3 Å². The highest BCUT2D eigenvalue weighted by Crippen LogP contribution is 2.03. The normalized spacial score (nSPS) is 14.5. The molecule has 1 aromatic carbocycles. The zero-order valence-electron chi connectivity index (χ0n) is 8.68. The summed E-state index contributed by atoms with van der Waals surface area (Å²) < 4.78 is 0. The van der Waals surface area contributed by atoms with Crippen molar-refractivity contribution in [2.75, 3.05) is 0 Å². The number of aliphatic hydroxyl groups excluding tert-OH is 1. The smallest absolute Gasteiger partial charge is 0.234 e. The molecule has 0 bridgehead atoms. The van der Waals surface area contributed by atoms with Gasteiger partial charge in [-0.15, -0.1) is 0 Å². The van der Waals surface area contributed by atoms with E-state index in [0.29, 0.717) is 6.42 Å². The molecule has 1 amide bonds. The minimum atomic E-state index is -0.744. The Kier molecular flexibility index (Phi) is 4.27. The van der Waals surface area contributed by atoms with E-state index in [9.17, 15) is 4.79 Å². The Hall–Kier alpha value is -1.39. The van der Waals surface area contributed by atoms with E-state index in [-0.39, 0.29) is 0 Å². The summed E-state index contributed by atoms with van der Waals surface area (Å²) in [6.45, 7) is 1.56.